The second kappa shape index (κ2) is 9.59. The Balaban J connectivity index is 2.81. The molecule has 0 saturated carbocycles. The summed E-state index contributed by atoms with van der Waals surface area (Å²) in [6.45, 7) is 12.1. The number of aliphatic hydroxyl groups is 1. The van der Waals surface area contributed by atoms with E-state index < -0.39 is 24.6 Å². The number of aliphatic hydroxyl groups excluding tert-OH is 1. The second-order valence-corrected chi connectivity index (χ2v) is 15.3. The summed E-state index contributed by atoms with van der Waals surface area (Å²) in [7, 11) is -1.40. The molecule has 3 nitrogen and oxygen atoms in total. The predicted octanol–water partition coefficient (Wildman–Crippen LogP) is 3.17. The second-order valence-electron chi connectivity index (χ2n) is 8.04. The molecule has 0 bridgehead atoms. The first-order chi connectivity index (χ1) is 11.5. The summed E-state index contributed by atoms with van der Waals surface area (Å²) in [6, 6.07) is 9.85. The monoisotopic (exact) mass is 426 g/mol. The molecule has 138 valence electrons. The first-order valence-electron chi connectivity index (χ1n) is 8.60. The normalized spacial score (nSPS) is 14.2. The fraction of sp³-hybridized carbons (Fsp3) is 0.550. The number of ether oxygens (including phenoxy) is 1. The van der Waals surface area contributed by atoms with Crippen molar-refractivity contribution < 1.29 is 14.6 Å². The summed E-state index contributed by atoms with van der Waals surface area (Å²) in [5.41, 5.74) is 2.74. The summed E-state index contributed by atoms with van der Waals surface area (Å²) in [4.78, 5) is 12.1. The molecule has 5 heteroatoms. The van der Waals surface area contributed by atoms with E-state index in [9.17, 15) is 9.90 Å². The number of carbonyl (C=O) groups is 1. The van der Waals surface area contributed by atoms with Crippen molar-refractivity contribution in [3.8, 4) is 11.5 Å². The molecule has 0 radical (unpaired) electrons. The van der Waals surface area contributed by atoms with Gasteiger partial charge in [0.05, 0.1) is 0 Å². The van der Waals surface area contributed by atoms with Crippen LogP contribution in [0.1, 0.15) is 33.6 Å². The summed E-state index contributed by atoms with van der Waals surface area (Å²) < 4.78 is 6.62. The van der Waals surface area contributed by atoms with E-state index in [-0.39, 0.29) is 20.9 Å². The standard InChI is InChI=1S/C20H30O3SeSi/c1-20(2,3)23-19(22)18(24-16-12-8-7-9-13-16)17(21)14-10-11-15-25(4,5)6/h7-9,12-13,17-18,21H,10,14H2,1-6H3/t17-,18-/m1/s1. The Hall–Kier alpha value is -1.05. The number of carbonyl (C=O) groups excluding carboxylic acids is 1. The van der Waals surface area contributed by atoms with Crippen molar-refractivity contribution in [2.45, 2.75) is 69.8 Å². The van der Waals surface area contributed by atoms with Crippen molar-refractivity contribution in [3.05, 3.63) is 30.3 Å². The molecule has 1 aromatic carbocycles. The number of benzene rings is 1. The Morgan fingerprint density at radius 2 is 1.84 bits per heavy atom. The fourth-order valence-electron chi connectivity index (χ4n) is 1.99. The van der Waals surface area contributed by atoms with E-state index in [2.05, 4.69) is 31.1 Å². The van der Waals surface area contributed by atoms with Gasteiger partial charge >= 0.3 is 160 Å². The third kappa shape index (κ3) is 9.86. The zero-order valence-corrected chi connectivity index (χ0v) is 18.8. The topological polar surface area (TPSA) is 46.5 Å². The zero-order chi connectivity index (χ0) is 19.1. The molecule has 0 unspecified atom stereocenters. The molecule has 1 N–H and O–H groups in total. The molecule has 0 heterocycles. The van der Waals surface area contributed by atoms with Gasteiger partial charge in [-0.15, -0.1) is 0 Å². The molecule has 0 amide bonds. The van der Waals surface area contributed by atoms with Crippen LogP contribution in [0.4, 0.5) is 0 Å². The van der Waals surface area contributed by atoms with E-state index in [4.69, 9.17) is 4.74 Å². The van der Waals surface area contributed by atoms with Crippen LogP contribution >= 0.6 is 0 Å². The Kier molecular flexibility index (Phi) is 8.44. The van der Waals surface area contributed by atoms with Crippen LogP contribution < -0.4 is 4.46 Å². The first-order valence-corrected chi connectivity index (χ1v) is 14.0. The van der Waals surface area contributed by atoms with Crippen LogP contribution in [-0.2, 0) is 9.53 Å². The van der Waals surface area contributed by atoms with Gasteiger partial charge in [-0.3, -0.25) is 0 Å². The molecule has 1 rings (SSSR count). The van der Waals surface area contributed by atoms with Gasteiger partial charge in [-0.05, 0) is 0 Å². The SMILES string of the molecule is CC(C)(C)OC(=O)[C@H]([Se]c1ccccc1)[C@H](O)CCC#C[Si](C)(C)C. The fourth-order valence-corrected chi connectivity index (χ4v) is 4.84. The minimum absolute atomic E-state index is 0.185. The van der Waals surface area contributed by atoms with Crippen molar-refractivity contribution in [1.82, 2.24) is 0 Å². The summed E-state index contributed by atoms with van der Waals surface area (Å²) in [6.07, 6.45) is 0.372. The van der Waals surface area contributed by atoms with E-state index in [0.29, 0.717) is 12.8 Å². The molecular formula is C20H30O3SeSi. The van der Waals surface area contributed by atoms with Gasteiger partial charge in [-0.2, -0.15) is 0 Å². The van der Waals surface area contributed by atoms with E-state index in [1.54, 1.807) is 0 Å². The van der Waals surface area contributed by atoms with E-state index >= 15 is 0 Å². The molecule has 2 atom stereocenters. The predicted molar refractivity (Wildman–Crippen MR) is 108 cm³/mol. The van der Waals surface area contributed by atoms with Gasteiger partial charge in [-0.25, -0.2) is 0 Å². The first kappa shape index (κ1) is 22.0. The molecule has 0 spiro atoms. The van der Waals surface area contributed by atoms with Crippen LogP contribution in [0.15, 0.2) is 30.3 Å². The van der Waals surface area contributed by atoms with Gasteiger partial charge in [0, 0.05) is 0 Å². The van der Waals surface area contributed by atoms with Crippen LogP contribution in [0.2, 0.25) is 24.5 Å². The van der Waals surface area contributed by atoms with Crippen molar-refractivity contribution in [2.75, 3.05) is 0 Å². The Labute approximate surface area is 159 Å². The van der Waals surface area contributed by atoms with Gasteiger partial charge in [0.15, 0.2) is 0 Å². The third-order valence-electron chi connectivity index (χ3n) is 3.02. The minimum atomic E-state index is -1.40. The Morgan fingerprint density at radius 1 is 1.24 bits per heavy atom. The van der Waals surface area contributed by atoms with Crippen molar-refractivity contribution in [2.24, 2.45) is 0 Å². The number of rotatable bonds is 6. The summed E-state index contributed by atoms with van der Waals surface area (Å²) in [5, 5.41) is 10.6. The summed E-state index contributed by atoms with van der Waals surface area (Å²) >= 11 is -0.185. The van der Waals surface area contributed by atoms with Crippen LogP contribution in [0, 0.1) is 11.5 Å². The molecular weight excluding hydrogens is 395 g/mol. The van der Waals surface area contributed by atoms with Gasteiger partial charge in [0.1, 0.15) is 0 Å². The molecule has 0 aromatic heterocycles. The van der Waals surface area contributed by atoms with E-state index in [1.807, 2.05) is 51.1 Å². The maximum atomic E-state index is 12.6. The maximum absolute atomic E-state index is 12.6. The van der Waals surface area contributed by atoms with Crippen molar-refractivity contribution in [3.63, 3.8) is 0 Å². The zero-order valence-electron chi connectivity index (χ0n) is 16.1. The molecule has 25 heavy (non-hydrogen) atoms. The number of hydrogen-bond donors (Lipinski definition) is 1. The van der Waals surface area contributed by atoms with Crippen molar-refractivity contribution in [1.29, 1.82) is 0 Å². The van der Waals surface area contributed by atoms with Crippen LogP contribution in [0.5, 0.6) is 0 Å². The summed E-state index contributed by atoms with van der Waals surface area (Å²) in [5.74, 6) is 2.85. The Bertz CT molecular complexity index is 606. The van der Waals surface area contributed by atoms with Gasteiger partial charge in [-0.1, -0.05) is 0 Å². The average molecular weight is 426 g/mol. The Morgan fingerprint density at radius 3 is 2.36 bits per heavy atom. The van der Waals surface area contributed by atoms with Crippen molar-refractivity contribution >= 4 is 33.5 Å². The molecule has 0 saturated heterocycles. The number of esters is 1. The molecule has 0 aliphatic heterocycles. The third-order valence-corrected chi connectivity index (χ3v) is 6.69. The quantitative estimate of drug-likeness (QED) is 0.433. The van der Waals surface area contributed by atoms with Crippen LogP contribution in [-0.4, -0.2) is 45.8 Å². The number of hydrogen-bond acceptors (Lipinski definition) is 3. The molecule has 0 aliphatic carbocycles. The molecule has 0 fully saturated rings. The molecule has 0 aliphatic rings. The van der Waals surface area contributed by atoms with Gasteiger partial charge in [0.25, 0.3) is 0 Å². The van der Waals surface area contributed by atoms with E-state index in [1.165, 1.54) is 0 Å². The van der Waals surface area contributed by atoms with Crippen LogP contribution in [0.3, 0.4) is 0 Å². The van der Waals surface area contributed by atoms with Gasteiger partial charge < -0.3 is 0 Å². The van der Waals surface area contributed by atoms with E-state index in [0.717, 1.165) is 4.46 Å². The van der Waals surface area contributed by atoms with Crippen LogP contribution in [0.25, 0.3) is 0 Å². The van der Waals surface area contributed by atoms with Gasteiger partial charge in [0.2, 0.25) is 0 Å². The average Bonchev–Trinajstić information content (AvgIpc) is 2.47. The molecule has 1 aromatic rings.